The lowest BCUT2D eigenvalue weighted by molar-refractivity contribution is -0.145. The normalized spacial score (nSPS) is 13.4. The minimum Gasteiger partial charge on any atom is -0.497 e. The van der Waals surface area contributed by atoms with Crippen LogP contribution in [0.2, 0.25) is 0 Å². The monoisotopic (exact) mass is 527 g/mol. The number of aromatic nitrogens is 2. The summed E-state index contributed by atoms with van der Waals surface area (Å²) in [5, 5.41) is 16.7. The summed E-state index contributed by atoms with van der Waals surface area (Å²) in [6.45, 7) is 10.8. The van der Waals surface area contributed by atoms with Crippen LogP contribution in [0.15, 0.2) is 24.3 Å². The number of alkyl halides is 3. The number of carboxylic acid groups (broad SMARTS) is 1. The molecule has 0 saturated heterocycles. The summed E-state index contributed by atoms with van der Waals surface area (Å²) in [5.74, 6) is -2.58. The van der Waals surface area contributed by atoms with Crippen LogP contribution in [0.5, 0.6) is 5.75 Å². The zero-order valence-electron chi connectivity index (χ0n) is 22.5. The molecule has 0 aliphatic heterocycles. The lowest BCUT2D eigenvalue weighted by Crippen LogP contribution is -2.41. The molecule has 1 aromatic heterocycles. The summed E-state index contributed by atoms with van der Waals surface area (Å²) in [6, 6.07) is 6.48. The molecule has 0 fully saturated rings. The van der Waals surface area contributed by atoms with Gasteiger partial charge in [-0.1, -0.05) is 39.8 Å². The fourth-order valence-electron chi connectivity index (χ4n) is 4.09. The van der Waals surface area contributed by atoms with Crippen molar-refractivity contribution in [3.8, 4) is 5.75 Å². The van der Waals surface area contributed by atoms with E-state index in [1.807, 2.05) is 0 Å². The molecule has 1 atom stereocenters. The summed E-state index contributed by atoms with van der Waals surface area (Å²) in [5.41, 5.74) is -3.14. The molecule has 0 aliphatic carbocycles. The first-order valence-electron chi connectivity index (χ1n) is 11.9. The van der Waals surface area contributed by atoms with Crippen LogP contribution in [-0.4, -0.2) is 46.2 Å². The molecule has 37 heavy (non-hydrogen) atoms. The van der Waals surface area contributed by atoms with E-state index in [1.165, 1.54) is 21.0 Å². The van der Waals surface area contributed by atoms with Crippen molar-refractivity contribution in [2.45, 2.75) is 78.1 Å². The van der Waals surface area contributed by atoms with Crippen molar-refractivity contribution in [2.24, 2.45) is 5.92 Å². The van der Waals surface area contributed by atoms with Gasteiger partial charge >= 0.3 is 18.2 Å². The second-order valence-corrected chi connectivity index (χ2v) is 10.9. The summed E-state index contributed by atoms with van der Waals surface area (Å²) in [4.78, 5) is 24.5. The molecule has 0 saturated carbocycles. The number of methoxy groups -OCH3 is 1. The third kappa shape index (κ3) is 7.62. The van der Waals surface area contributed by atoms with Gasteiger partial charge < -0.3 is 19.9 Å². The number of halogens is 3. The van der Waals surface area contributed by atoms with Crippen LogP contribution in [0.4, 0.5) is 18.0 Å². The van der Waals surface area contributed by atoms with E-state index < -0.39 is 46.8 Å². The molecule has 0 bridgehead atoms. The fraction of sp³-hybridized carbons (Fsp3) is 0.577. The number of benzene rings is 1. The first-order chi connectivity index (χ1) is 16.9. The van der Waals surface area contributed by atoms with Crippen LogP contribution in [0.3, 0.4) is 0 Å². The zero-order valence-corrected chi connectivity index (χ0v) is 22.5. The van der Waals surface area contributed by atoms with Crippen molar-refractivity contribution < 1.29 is 37.3 Å². The van der Waals surface area contributed by atoms with Gasteiger partial charge in [-0.15, -0.1) is 0 Å². The van der Waals surface area contributed by atoms with Crippen molar-refractivity contribution in [3.05, 3.63) is 46.8 Å². The van der Waals surface area contributed by atoms with Crippen molar-refractivity contribution in [3.63, 3.8) is 0 Å². The van der Waals surface area contributed by atoms with E-state index in [1.54, 1.807) is 58.9 Å². The number of nitrogens with one attached hydrogen (secondary N) is 1. The van der Waals surface area contributed by atoms with Crippen LogP contribution in [0.1, 0.15) is 76.9 Å². The van der Waals surface area contributed by atoms with Gasteiger partial charge in [0.1, 0.15) is 23.0 Å². The smallest absolute Gasteiger partial charge is 0.433 e. The summed E-state index contributed by atoms with van der Waals surface area (Å²) in [7, 11) is 1.48. The van der Waals surface area contributed by atoms with Crippen molar-refractivity contribution in [1.82, 2.24) is 15.1 Å². The average Bonchev–Trinajstić information content (AvgIpc) is 3.11. The summed E-state index contributed by atoms with van der Waals surface area (Å²) < 4.78 is 55.0. The number of alkyl carbamates (subject to hydrolysis) is 1. The Morgan fingerprint density at radius 2 is 1.65 bits per heavy atom. The van der Waals surface area contributed by atoms with Gasteiger partial charge in [-0.25, -0.2) is 4.79 Å². The Bertz CT molecular complexity index is 1100. The molecule has 1 aromatic carbocycles. The minimum atomic E-state index is -4.85. The molecule has 2 rings (SSSR count). The van der Waals surface area contributed by atoms with Gasteiger partial charge in [0, 0.05) is 17.5 Å². The number of carbonyl (C=O) groups excluding carboxylic acids is 1. The summed E-state index contributed by atoms with van der Waals surface area (Å²) >= 11 is 0. The van der Waals surface area contributed by atoms with Gasteiger partial charge in [0.2, 0.25) is 0 Å². The van der Waals surface area contributed by atoms with E-state index in [2.05, 4.69) is 10.4 Å². The van der Waals surface area contributed by atoms with E-state index in [-0.39, 0.29) is 24.3 Å². The Hall–Kier alpha value is -3.24. The molecule has 0 radical (unpaired) electrons. The Morgan fingerprint density at radius 3 is 2.08 bits per heavy atom. The number of nitrogens with zero attached hydrogens (tertiary/aromatic N) is 2. The number of amides is 1. The Kier molecular flexibility index (Phi) is 8.93. The van der Waals surface area contributed by atoms with Crippen molar-refractivity contribution in [2.75, 3.05) is 13.7 Å². The number of ether oxygens (including phenoxy) is 2. The van der Waals surface area contributed by atoms with Gasteiger partial charge in [0.15, 0.2) is 0 Å². The van der Waals surface area contributed by atoms with Gasteiger partial charge in [-0.05, 0) is 44.4 Å². The first-order valence-corrected chi connectivity index (χ1v) is 11.9. The van der Waals surface area contributed by atoms with Gasteiger partial charge in [-0.2, -0.15) is 18.3 Å². The van der Waals surface area contributed by atoms with E-state index in [0.29, 0.717) is 11.3 Å². The van der Waals surface area contributed by atoms with Crippen LogP contribution in [-0.2, 0) is 27.7 Å². The maximum absolute atomic E-state index is 14.6. The number of hydrogen-bond acceptors (Lipinski definition) is 5. The number of aliphatic carboxylic acids is 1. The van der Waals surface area contributed by atoms with Gasteiger partial charge in [0.25, 0.3) is 0 Å². The predicted octanol–water partition coefficient (Wildman–Crippen LogP) is 5.59. The number of rotatable bonds is 9. The SMILES string of the molecule is COc1ccc(Cn2nc(C(C(=O)O)C(C)C)c(C(C)(C)CNC(=O)OC(C)(C)C)c2C(F)(F)F)cc1. The van der Waals surface area contributed by atoms with Gasteiger partial charge in [0.05, 0.1) is 19.3 Å². The zero-order chi connectivity index (χ0) is 28.3. The Labute approximate surface area is 215 Å². The average molecular weight is 528 g/mol. The highest BCUT2D eigenvalue weighted by Crippen LogP contribution is 2.43. The molecule has 11 heteroatoms. The fourth-order valence-corrected chi connectivity index (χ4v) is 4.09. The molecular formula is C26H36F3N3O5. The molecule has 8 nitrogen and oxygen atoms in total. The predicted molar refractivity (Wildman–Crippen MR) is 132 cm³/mol. The van der Waals surface area contributed by atoms with Gasteiger partial charge in [-0.3, -0.25) is 9.48 Å². The molecular weight excluding hydrogens is 491 g/mol. The van der Waals surface area contributed by atoms with E-state index >= 15 is 0 Å². The van der Waals surface area contributed by atoms with E-state index in [9.17, 15) is 27.9 Å². The lowest BCUT2D eigenvalue weighted by atomic mass is 9.78. The van der Waals surface area contributed by atoms with Crippen LogP contribution in [0.25, 0.3) is 0 Å². The molecule has 0 aliphatic rings. The standard InChI is InChI=1S/C26H36F3N3O5/c1-15(2)18(22(33)34)20-19(25(6,7)14-30-23(35)37-24(3,4)5)21(26(27,28)29)32(31-20)13-16-9-11-17(36-8)12-10-16/h9-12,15,18H,13-14H2,1-8H3,(H,30,35)(H,33,34). The number of carbonyl (C=O) groups is 2. The lowest BCUT2D eigenvalue weighted by Gasteiger charge is -2.30. The van der Waals surface area contributed by atoms with Crippen molar-refractivity contribution >= 4 is 12.1 Å². The van der Waals surface area contributed by atoms with E-state index in [0.717, 1.165) is 4.68 Å². The van der Waals surface area contributed by atoms with Crippen LogP contribution in [0, 0.1) is 5.92 Å². The molecule has 2 aromatic rings. The molecule has 1 unspecified atom stereocenters. The van der Waals surface area contributed by atoms with E-state index in [4.69, 9.17) is 9.47 Å². The highest BCUT2D eigenvalue weighted by atomic mass is 19.4. The number of carboxylic acids is 1. The first kappa shape index (κ1) is 30.0. The second kappa shape index (κ2) is 11.0. The number of hydrogen-bond donors (Lipinski definition) is 2. The third-order valence-corrected chi connectivity index (χ3v) is 5.72. The Balaban J connectivity index is 2.69. The quantitative estimate of drug-likeness (QED) is 0.441. The molecule has 0 spiro atoms. The second-order valence-electron chi connectivity index (χ2n) is 10.9. The third-order valence-electron chi connectivity index (χ3n) is 5.72. The molecule has 1 heterocycles. The highest BCUT2D eigenvalue weighted by Gasteiger charge is 2.47. The topological polar surface area (TPSA) is 103 Å². The largest absolute Gasteiger partial charge is 0.497 e. The van der Waals surface area contributed by atoms with Crippen molar-refractivity contribution in [1.29, 1.82) is 0 Å². The van der Waals surface area contributed by atoms with Crippen LogP contribution < -0.4 is 10.1 Å². The summed E-state index contributed by atoms with van der Waals surface area (Å²) in [6.07, 6.45) is -5.64. The molecule has 2 N–H and O–H groups in total. The highest BCUT2D eigenvalue weighted by molar-refractivity contribution is 5.77. The Morgan fingerprint density at radius 1 is 1.08 bits per heavy atom. The maximum Gasteiger partial charge on any atom is 0.433 e. The molecule has 206 valence electrons. The molecule has 1 amide bonds. The minimum absolute atomic E-state index is 0.181. The maximum atomic E-state index is 14.6. The van der Waals surface area contributed by atoms with Crippen LogP contribution >= 0.6 is 0 Å².